The number of hydrogen-bond donors (Lipinski definition) is 1. The van der Waals surface area contributed by atoms with E-state index in [1.54, 1.807) is 0 Å². The Morgan fingerprint density at radius 2 is 1.89 bits per heavy atom. The molecule has 1 nitrogen and oxygen atoms in total. The van der Waals surface area contributed by atoms with Crippen LogP contribution in [0.25, 0.3) is 0 Å². The lowest BCUT2D eigenvalue weighted by molar-refractivity contribution is 0.604. The molecule has 2 rings (SSSR count). The average molecular weight is 294 g/mol. The Labute approximate surface area is 124 Å². The fourth-order valence-electron chi connectivity index (χ4n) is 2.25. The summed E-state index contributed by atoms with van der Waals surface area (Å²) in [6, 6.07) is 10.7. The van der Waals surface area contributed by atoms with Crippen molar-refractivity contribution in [2.24, 2.45) is 0 Å². The average Bonchev–Trinajstić information content (AvgIpc) is 2.71. The highest BCUT2D eigenvalue weighted by atomic mass is 35.5. The lowest BCUT2D eigenvalue weighted by Crippen LogP contribution is -2.22. The van der Waals surface area contributed by atoms with Crippen molar-refractivity contribution >= 4 is 22.9 Å². The second kappa shape index (κ2) is 6.56. The van der Waals surface area contributed by atoms with Gasteiger partial charge in [0, 0.05) is 14.8 Å². The second-order valence-corrected chi connectivity index (χ2v) is 6.57. The van der Waals surface area contributed by atoms with Gasteiger partial charge in [0.15, 0.2) is 0 Å². The minimum atomic E-state index is 0.274. The maximum absolute atomic E-state index is 5.98. The maximum Gasteiger partial charge on any atom is 0.0673 e. The standard InChI is InChI=1S/C16H20ClNS/c1-4-9-18-15(13-5-7-14(17)8-6-13)16-11(2)10-12(3)19-16/h5-8,10,15,18H,4,9H2,1-3H3. The predicted octanol–water partition coefficient (Wildman–Crippen LogP) is 5.11. The number of nitrogens with one attached hydrogen (secondary N) is 1. The highest BCUT2D eigenvalue weighted by Crippen LogP contribution is 2.32. The van der Waals surface area contributed by atoms with Crippen LogP contribution in [0.3, 0.4) is 0 Å². The fraction of sp³-hybridized carbons (Fsp3) is 0.375. The van der Waals surface area contributed by atoms with Crippen molar-refractivity contribution in [2.75, 3.05) is 6.54 Å². The van der Waals surface area contributed by atoms with E-state index < -0.39 is 0 Å². The van der Waals surface area contributed by atoms with Gasteiger partial charge in [0.05, 0.1) is 6.04 Å². The van der Waals surface area contributed by atoms with Crippen LogP contribution < -0.4 is 5.32 Å². The molecule has 1 aromatic carbocycles. The fourth-order valence-corrected chi connectivity index (χ4v) is 3.52. The smallest absolute Gasteiger partial charge is 0.0673 e. The van der Waals surface area contributed by atoms with Gasteiger partial charge in [-0.15, -0.1) is 11.3 Å². The topological polar surface area (TPSA) is 12.0 Å². The van der Waals surface area contributed by atoms with Crippen LogP contribution in [0.2, 0.25) is 5.02 Å². The molecule has 19 heavy (non-hydrogen) atoms. The molecule has 102 valence electrons. The summed E-state index contributed by atoms with van der Waals surface area (Å²) >= 11 is 7.86. The van der Waals surface area contributed by atoms with E-state index in [1.807, 2.05) is 23.5 Å². The Morgan fingerprint density at radius 1 is 1.21 bits per heavy atom. The van der Waals surface area contributed by atoms with Gasteiger partial charge < -0.3 is 5.32 Å². The summed E-state index contributed by atoms with van der Waals surface area (Å²) in [7, 11) is 0. The number of hydrogen-bond acceptors (Lipinski definition) is 2. The normalized spacial score (nSPS) is 12.6. The summed E-state index contributed by atoms with van der Waals surface area (Å²) < 4.78 is 0. The van der Waals surface area contributed by atoms with Crippen molar-refractivity contribution in [1.29, 1.82) is 0 Å². The third-order valence-electron chi connectivity index (χ3n) is 3.14. The summed E-state index contributed by atoms with van der Waals surface area (Å²) in [5, 5.41) is 4.43. The largest absolute Gasteiger partial charge is 0.306 e. The van der Waals surface area contributed by atoms with Crippen LogP contribution in [-0.4, -0.2) is 6.54 Å². The van der Waals surface area contributed by atoms with Gasteiger partial charge in [-0.3, -0.25) is 0 Å². The number of rotatable bonds is 5. The molecular weight excluding hydrogens is 274 g/mol. The first-order chi connectivity index (χ1) is 9.11. The summed E-state index contributed by atoms with van der Waals surface area (Å²) in [4.78, 5) is 2.78. The van der Waals surface area contributed by atoms with Gasteiger partial charge in [0.25, 0.3) is 0 Å². The zero-order valence-corrected chi connectivity index (χ0v) is 13.2. The summed E-state index contributed by atoms with van der Waals surface area (Å²) in [5.41, 5.74) is 2.65. The van der Waals surface area contributed by atoms with E-state index in [0.717, 1.165) is 18.0 Å². The molecule has 0 saturated heterocycles. The van der Waals surface area contributed by atoms with Gasteiger partial charge in [-0.25, -0.2) is 0 Å². The van der Waals surface area contributed by atoms with E-state index in [1.165, 1.54) is 20.9 Å². The van der Waals surface area contributed by atoms with E-state index in [2.05, 4.69) is 44.3 Å². The van der Waals surface area contributed by atoms with Crippen molar-refractivity contribution in [1.82, 2.24) is 5.32 Å². The molecule has 0 aliphatic rings. The van der Waals surface area contributed by atoms with Crippen LogP contribution in [0.5, 0.6) is 0 Å². The summed E-state index contributed by atoms with van der Waals surface area (Å²) in [6.45, 7) is 7.57. The lowest BCUT2D eigenvalue weighted by Gasteiger charge is -2.19. The first kappa shape index (κ1) is 14.6. The molecule has 2 aromatic rings. The van der Waals surface area contributed by atoms with E-state index in [-0.39, 0.29) is 6.04 Å². The number of halogens is 1. The molecule has 0 fully saturated rings. The molecule has 1 aromatic heterocycles. The van der Waals surface area contributed by atoms with E-state index in [0.29, 0.717) is 0 Å². The third kappa shape index (κ3) is 3.59. The quantitative estimate of drug-likeness (QED) is 0.808. The molecule has 0 saturated carbocycles. The molecule has 0 amide bonds. The minimum absolute atomic E-state index is 0.274. The third-order valence-corrected chi connectivity index (χ3v) is 4.61. The summed E-state index contributed by atoms with van der Waals surface area (Å²) in [5.74, 6) is 0. The summed E-state index contributed by atoms with van der Waals surface area (Å²) in [6.07, 6.45) is 1.13. The minimum Gasteiger partial charge on any atom is -0.306 e. The highest BCUT2D eigenvalue weighted by molar-refractivity contribution is 7.12. The molecule has 0 radical (unpaired) electrons. The van der Waals surface area contributed by atoms with Crippen LogP contribution >= 0.6 is 22.9 Å². The highest BCUT2D eigenvalue weighted by Gasteiger charge is 2.17. The molecule has 1 N–H and O–H groups in total. The molecule has 0 aliphatic carbocycles. The Bertz CT molecular complexity index is 530. The van der Waals surface area contributed by atoms with Gasteiger partial charge in [-0.2, -0.15) is 0 Å². The van der Waals surface area contributed by atoms with Crippen molar-refractivity contribution < 1.29 is 0 Å². The Hall–Kier alpha value is -0.830. The molecule has 0 bridgehead atoms. The van der Waals surface area contributed by atoms with Crippen LogP contribution in [0, 0.1) is 13.8 Å². The zero-order chi connectivity index (χ0) is 13.8. The van der Waals surface area contributed by atoms with Gasteiger partial charge in [0.2, 0.25) is 0 Å². The Balaban J connectivity index is 2.35. The van der Waals surface area contributed by atoms with Crippen LogP contribution in [0.15, 0.2) is 30.3 Å². The molecule has 0 aliphatic heterocycles. The van der Waals surface area contributed by atoms with Crippen LogP contribution in [0.4, 0.5) is 0 Å². The molecular formula is C16H20ClNS. The first-order valence-electron chi connectivity index (χ1n) is 6.67. The maximum atomic E-state index is 5.98. The molecule has 0 spiro atoms. The SMILES string of the molecule is CCCNC(c1ccc(Cl)cc1)c1sc(C)cc1C. The van der Waals surface area contributed by atoms with Crippen LogP contribution in [-0.2, 0) is 0 Å². The number of benzene rings is 1. The van der Waals surface area contributed by atoms with Crippen molar-refractivity contribution in [2.45, 2.75) is 33.2 Å². The van der Waals surface area contributed by atoms with E-state index >= 15 is 0 Å². The first-order valence-corrected chi connectivity index (χ1v) is 7.87. The van der Waals surface area contributed by atoms with Gasteiger partial charge in [0.1, 0.15) is 0 Å². The number of aryl methyl sites for hydroxylation is 2. The molecule has 1 atom stereocenters. The zero-order valence-electron chi connectivity index (χ0n) is 11.7. The van der Waals surface area contributed by atoms with E-state index in [9.17, 15) is 0 Å². The monoisotopic (exact) mass is 293 g/mol. The van der Waals surface area contributed by atoms with Gasteiger partial charge >= 0.3 is 0 Å². The van der Waals surface area contributed by atoms with E-state index in [4.69, 9.17) is 11.6 Å². The second-order valence-electron chi connectivity index (χ2n) is 4.84. The molecule has 1 unspecified atom stereocenters. The van der Waals surface area contributed by atoms with Crippen molar-refractivity contribution in [3.63, 3.8) is 0 Å². The number of thiophene rings is 1. The van der Waals surface area contributed by atoms with Gasteiger partial charge in [-0.05, 0) is 56.1 Å². The molecule has 3 heteroatoms. The van der Waals surface area contributed by atoms with Crippen molar-refractivity contribution in [3.05, 3.63) is 56.2 Å². The Kier molecular flexibility index (Phi) is 5.03. The van der Waals surface area contributed by atoms with Crippen LogP contribution in [0.1, 0.15) is 40.3 Å². The Morgan fingerprint density at radius 3 is 2.42 bits per heavy atom. The molecule has 1 heterocycles. The predicted molar refractivity (Wildman–Crippen MR) is 85.4 cm³/mol. The van der Waals surface area contributed by atoms with Crippen molar-refractivity contribution in [3.8, 4) is 0 Å². The van der Waals surface area contributed by atoms with Gasteiger partial charge in [-0.1, -0.05) is 30.7 Å². The lowest BCUT2D eigenvalue weighted by atomic mass is 10.0.